The molecule has 6 nitrogen and oxygen atoms in total. The minimum atomic E-state index is -3.56. The van der Waals surface area contributed by atoms with Crippen molar-refractivity contribution in [2.24, 2.45) is 0 Å². The normalized spacial score (nSPS) is 14.9. The van der Waals surface area contributed by atoms with Crippen LogP contribution in [0.25, 0.3) is 0 Å². The molecule has 0 bridgehead atoms. The van der Waals surface area contributed by atoms with Gasteiger partial charge in [-0.1, -0.05) is 18.2 Å². The summed E-state index contributed by atoms with van der Waals surface area (Å²) in [5, 5.41) is 6.21. The third-order valence-corrected chi connectivity index (χ3v) is 7.22. The van der Waals surface area contributed by atoms with Crippen LogP contribution in [0.15, 0.2) is 41.3 Å². The van der Waals surface area contributed by atoms with Gasteiger partial charge in [0, 0.05) is 25.5 Å². The van der Waals surface area contributed by atoms with Crippen molar-refractivity contribution in [3.8, 4) is 0 Å². The number of nitrogens with one attached hydrogen (secondary N) is 2. The highest BCUT2D eigenvalue weighted by Gasteiger charge is 2.21. The Kier molecular flexibility index (Phi) is 6.29. The summed E-state index contributed by atoms with van der Waals surface area (Å²) < 4.78 is 25.9. The molecule has 0 saturated heterocycles. The summed E-state index contributed by atoms with van der Waals surface area (Å²) in [4.78, 5) is 13.0. The topological polar surface area (TPSA) is 78.5 Å². The van der Waals surface area contributed by atoms with Crippen molar-refractivity contribution in [2.45, 2.75) is 50.5 Å². The largest absolute Gasteiger partial charge is 0.374 e. The molecule has 0 unspecified atom stereocenters. The summed E-state index contributed by atoms with van der Waals surface area (Å²) >= 11 is 0. The highest BCUT2D eigenvalue weighted by molar-refractivity contribution is 7.89. The van der Waals surface area contributed by atoms with Crippen LogP contribution in [0.2, 0.25) is 0 Å². The molecule has 156 valence electrons. The van der Waals surface area contributed by atoms with E-state index in [-0.39, 0.29) is 10.8 Å². The standard InChI is InChI=1S/C22H29N3O3S/c1-15-12-13-18(29(27,28)25(3)4)14-21(15)24-22(26)16(2)23-20-11-7-9-17-8-5-6-10-19(17)20/h7,9,11-14,16,23H,5-6,8,10H2,1-4H3,(H,24,26)/t16-/m1/s1. The van der Waals surface area contributed by atoms with E-state index in [1.807, 2.05) is 26.0 Å². The number of aryl methyl sites for hydroxylation is 2. The first-order chi connectivity index (χ1) is 13.7. The molecule has 0 saturated carbocycles. The van der Waals surface area contributed by atoms with Crippen LogP contribution >= 0.6 is 0 Å². The number of carbonyl (C=O) groups is 1. The second-order valence-electron chi connectivity index (χ2n) is 7.77. The number of carbonyl (C=O) groups excluding carboxylic acids is 1. The molecule has 29 heavy (non-hydrogen) atoms. The molecule has 7 heteroatoms. The van der Waals surface area contributed by atoms with Crippen molar-refractivity contribution in [3.63, 3.8) is 0 Å². The van der Waals surface area contributed by atoms with E-state index in [1.165, 1.54) is 44.1 Å². The lowest BCUT2D eigenvalue weighted by molar-refractivity contribution is -0.116. The molecular weight excluding hydrogens is 386 g/mol. The zero-order valence-corrected chi connectivity index (χ0v) is 18.3. The van der Waals surface area contributed by atoms with Crippen LogP contribution in [-0.4, -0.2) is 38.8 Å². The predicted octanol–water partition coefficient (Wildman–Crippen LogP) is 3.56. The Bertz CT molecular complexity index is 1020. The zero-order chi connectivity index (χ0) is 21.2. The fourth-order valence-electron chi connectivity index (χ4n) is 3.56. The number of rotatable bonds is 6. The second kappa shape index (κ2) is 8.55. The average Bonchev–Trinajstić information content (AvgIpc) is 2.69. The van der Waals surface area contributed by atoms with Gasteiger partial charge >= 0.3 is 0 Å². The molecule has 0 aliphatic heterocycles. The van der Waals surface area contributed by atoms with E-state index in [0.717, 1.165) is 28.4 Å². The van der Waals surface area contributed by atoms with E-state index < -0.39 is 16.1 Å². The Hall–Kier alpha value is -2.38. The van der Waals surface area contributed by atoms with Crippen LogP contribution in [0.4, 0.5) is 11.4 Å². The molecule has 1 aliphatic rings. The smallest absolute Gasteiger partial charge is 0.246 e. The van der Waals surface area contributed by atoms with Gasteiger partial charge in [-0.05, 0) is 74.4 Å². The number of fused-ring (bicyclic) bond motifs is 1. The minimum Gasteiger partial charge on any atom is -0.374 e. The third kappa shape index (κ3) is 4.62. The number of benzene rings is 2. The number of anilines is 2. The van der Waals surface area contributed by atoms with Crippen molar-refractivity contribution in [2.75, 3.05) is 24.7 Å². The summed E-state index contributed by atoms with van der Waals surface area (Å²) in [5.41, 5.74) is 4.97. The molecule has 0 heterocycles. The molecule has 0 spiro atoms. The van der Waals surface area contributed by atoms with Crippen molar-refractivity contribution >= 4 is 27.3 Å². The molecule has 2 N–H and O–H groups in total. The minimum absolute atomic E-state index is 0.154. The number of sulfonamides is 1. The van der Waals surface area contributed by atoms with Gasteiger partial charge in [-0.15, -0.1) is 0 Å². The van der Waals surface area contributed by atoms with Crippen molar-refractivity contribution < 1.29 is 13.2 Å². The van der Waals surface area contributed by atoms with Crippen molar-refractivity contribution in [1.82, 2.24) is 4.31 Å². The first-order valence-electron chi connectivity index (χ1n) is 9.91. The molecule has 1 amide bonds. The zero-order valence-electron chi connectivity index (χ0n) is 17.5. The maximum atomic E-state index is 12.8. The Morgan fingerprint density at radius 2 is 1.79 bits per heavy atom. The van der Waals surface area contributed by atoms with E-state index in [4.69, 9.17) is 0 Å². The molecular formula is C22H29N3O3S. The van der Waals surface area contributed by atoms with Gasteiger partial charge in [0.2, 0.25) is 15.9 Å². The lowest BCUT2D eigenvalue weighted by Gasteiger charge is -2.23. The molecule has 1 atom stereocenters. The van der Waals surface area contributed by atoms with E-state index >= 15 is 0 Å². The van der Waals surface area contributed by atoms with Crippen LogP contribution in [0, 0.1) is 6.92 Å². The van der Waals surface area contributed by atoms with Gasteiger partial charge in [0.25, 0.3) is 0 Å². The van der Waals surface area contributed by atoms with Crippen molar-refractivity contribution in [1.29, 1.82) is 0 Å². The van der Waals surface area contributed by atoms with E-state index in [2.05, 4.69) is 16.7 Å². The summed E-state index contributed by atoms with van der Waals surface area (Å²) in [7, 11) is -0.592. The van der Waals surface area contributed by atoms with Gasteiger partial charge in [0.1, 0.15) is 6.04 Å². The monoisotopic (exact) mass is 415 g/mol. The quantitative estimate of drug-likeness (QED) is 0.756. The van der Waals surface area contributed by atoms with E-state index in [0.29, 0.717) is 5.69 Å². The van der Waals surface area contributed by atoms with Crippen LogP contribution in [0.3, 0.4) is 0 Å². The highest BCUT2D eigenvalue weighted by atomic mass is 32.2. The summed E-state index contributed by atoms with van der Waals surface area (Å²) in [6.07, 6.45) is 4.48. The summed E-state index contributed by atoms with van der Waals surface area (Å²) in [5.74, 6) is -0.207. The molecule has 2 aromatic rings. The number of amides is 1. The Balaban J connectivity index is 1.77. The second-order valence-corrected chi connectivity index (χ2v) is 9.92. The average molecular weight is 416 g/mol. The van der Waals surface area contributed by atoms with Gasteiger partial charge in [0.05, 0.1) is 4.90 Å². The summed E-state index contributed by atoms with van der Waals surface area (Å²) in [6, 6.07) is 10.5. The molecule has 0 radical (unpaired) electrons. The number of hydrogen-bond donors (Lipinski definition) is 2. The Morgan fingerprint density at radius 1 is 1.07 bits per heavy atom. The molecule has 0 fully saturated rings. The van der Waals surface area contributed by atoms with Gasteiger partial charge < -0.3 is 10.6 Å². The van der Waals surface area contributed by atoms with Gasteiger partial charge in [-0.2, -0.15) is 0 Å². The highest BCUT2D eigenvalue weighted by Crippen LogP contribution is 2.28. The molecule has 1 aliphatic carbocycles. The molecule has 0 aromatic heterocycles. The predicted molar refractivity (Wildman–Crippen MR) is 117 cm³/mol. The Labute approximate surface area is 173 Å². The van der Waals surface area contributed by atoms with Crippen LogP contribution in [-0.2, 0) is 27.7 Å². The SMILES string of the molecule is Cc1ccc(S(=O)(=O)N(C)C)cc1NC(=O)[C@@H](C)Nc1cccc2c1CCCC2. The molecule has 2 aromatic carbocycles. The maximum absolute atomic E-state index is 12.8. The fourth-order valence-corrected chi connectivity index (χ4v) is 4.49. The maximum Gasteiger partial charge on any atom is 0.246 e. The van der Waals surface area contributed by atoms with E-state index in [1.54, 1.807) is 12.1 Å². The van der Waals surface area contributed by atoms with Gasteiger partial charge in [-0.25, -0.2) is 12.7 Å². The third-order valence-electron chi connectivity index (χ3n) is 5.41. The lowest BCUT2D eigenvalue weighted by atomic mass is 9.90. The van der Waals surface area contributed by atoms with Gasteiger partial charge in [-0.3, -0.25) is 4.79 Å². The van der Waals surface area contributed by atoms with E-state index in [9.17, 15) is 13.2 Å². The van der Waals surface area contributed by atoms with Crippen LogP contribution in [0.5, 0.6) is 0 Å². The van der Waals surface area contributed by atoms with Crippen LogP contribution < -0.4 is 10.6 Å². The van der Waals surface area contributed by atoms with Crippen LogP contribution in [0.1, 0.15) is 36.5 Å². The lowest BCUT2D eigenvalue weighted by Crippen LogP contribution is -2.32. The fraction of sp³-hybridized carbons (Fsp3) is 0.409. The number of nitrogens with zero attached hydrogens (tertiary/aromatic N) is 1. The first-order valence-corrected chi connectivity index (χ1v) is 11.4. The Morgan fingerprint density at radius 3 is 2.52 bits per heavy atom. The molecule has 3 rings (SSSR count). The summed E-state index contributed by atoms with van der Waals surface area (Å²) in [6.45, 7) is 3.65. The first kappa shape index (κ1) is 21.3. The van der Waals surface area contributed by atoms with Gasteiger partial charge in [0.15, 0.2) is 0 Å². The number of hydrogen-bond acceptors (Lipinski definition) is 4. The van der Waals surface area contributed by atoms with Crippen molar-refractivity contribution in [3.05, 3.63) is 53.1 Å².